The molecule has 2 fully saturated rings. The van der Waals surface area contributed by atoms with Crippen molar-refractivity contribution in [1.29, 1.82) is 0 Å². The predicted octanol–water partition coefficient (Wildman–Crippen LogP) is 1.13. The number of hydrogen-bond donors (Lipinski definition) is 1. The van der Waals surface area contributed by atoms with Crippen molar-refractivity contribution in [2.75, 3.05) is 25.9 Å². The molecule has 5 nitrogen and oxygen atoms in total. The molecule has 0 amide bonds. The van der Waals surface area contributed by atoms with E-state index >= 15 is 0 Å². The molecule has 0 aliphatic carbocycles. The van der Waals surface area contributed by atoms with Crippen molar-refractivity contribution in [3.8, 4) is 0 Å². The Morgan fingerprint density at radius 2 is 1.95 bits per heavy atom. The van der Waals surface area contributed by atoms with Gasteiger partial charge < -0.3 is 5.73 Å². The van der Waals surface area contributed by atoms with Crippen molar-refractivity contribution in [1.82, 2.24) is 9.21 Å². The van der Waals surface area contributed by atoms with Crippen molar-refractivity contribution >= 4 is 15.7 Å². The number of nitrogen functional groups attached to an aromatic ring is 1. The van der Waals surface area contributed by atoms with E-state index in [0.717, 1.165) is 12.8 Å². The molecule has 2 saturated heterocycles. The molecule has 3 rings (SSSR count). The van der Waals surface area contributed by atoms with Crippen molar-refractivity contribution in [3.05, 3.63) is 24.3 Å². The molecular formula is C14H21N3O2S. The molecule has 0 saturated carbocycles. The molecule has 20 heavy (non-hydrogen) atoms. The number of nitrogens with two attached hydrogens (primary N) is 1. The van der Waals surface area contributed by atoms with Crippen LogP contribution in [0.4, 0.5) is 5.69 Å². The van der Waals surface area contributed by atoms with Crippen LogP contribution in [-0.2, 0) is 10.0 Å². The Morgan fingerprint density at radius 1 is 1.20 bits per heavy atom. The third-order valence-corrected chi connectivity index (χ3v) is 6.47. The zero-order valence-electron chi connectivity index (χ0n) is 11.7. The van der Waals surface area contributed by atoms with Gasteiger partial charge in [-0.25, -0.2) is 8.42 Å². The van der Waals surface area contributed by atoms with E-state index in [4.69, 9.17) is 5.73 Å². The smallest absolute Gasteiger partial charge is 0.243 e. The summed E-state index contributed by atoms with van der Waals surface area (Å²) in [4.78, 5) is 2.65. The Hall–Kier alpha value is -1.11. The van der Waals surface area contributed by atoms with Crippen LogP contribution in [0.2, 0.25) is 0 Å². The van der Waals surface area contributed by atoms with Gasteiger partial charge in [-0.05, 0) is 44.5 Å². The number of sulfonamides is 1. The average Bonchev–Trinajstić information content (AvgIpc) is 2.62. The third-order valence-electron chi connectivity index (χ3n) is 4.61. The van der Waals surface area contributed by atoms with E-state index in [0.29, 0.717) is 35.8 Å². The fraction of sp³-hybridized carbons (Fsp3) is 0.571. The van der Waals surface area contributed by atoms with E-state index in [1.54, 1.807) is 28.6 Å². The first kappa shape index (κ1) is 13.9. The van der Waals surface area contributed by atoms with Gasteiger partial charge in [-0.1, -0.05) is 6.07 Å². The highest BCUT2D eigenvalue weighted by Gasteiger charge is 2.38. The summed E-state index contributed by atoms with van der Waals surface area (Å²) in [5.41, 5.74) is 6.19. The SMILES string of the molecule is CN1C2CCC1CN(S(=O)(=O)c1cccc(N)c1)CC2. The molecule has 2 atom stereocenters. The highest BCUT2D eigenvalue weighted by atomic mass is 32.2. The molecule has 1 aromatic carbocycles. The number of anilines is 1. The summed E-state index contributed by atoms with van der Waals surface area (Å²) in [7, 11) is -1.32. The van der Waals surface area contributed by atoms with Crippen LogP contribution >= 0.6 is 0 Å². The maximum atomic E-state index is 12.7. The van der Waals surface area contributed by atoms with Gasteiger partial charge in [0.1, 0.15) is 0 Å². The van der Waals surface area contributed by atoms with E-state index < -0.39 is 10.0 Å². The van der Waals surface area contributed by atoms with Gasteiger partial charge in [0.25, 0.3) is 0 Å². The standard InChI is InChI=1S/C14H21N3O2S/c1-16-12-5-6-13(16)10-17(8-7-12)20(18,19)14-4-2-3-11(15)9-14/h2-4,9,12-13H,5-8,10,15H2,1H3. The summed E-state index contributed by atoms with van der Waals surface area (Å²) >= 11 is 0. The highest BCUT2D eigenvalue weighted by Crippen LogP contribution is 2.31. The fourth-order valence-electron chi connectivity index (χ4n) is 3.32. The molecule has 0 radical (unpaired) electrons. The lowest BCUT2D eigenvalue weighted by molar-refractivity contribution is 0.246. The first-order valence-corrected chi connectivity index (χ1v) is 8.50. The lowest BCUT2D eigenvalue weighted by Gasteiger charge is -2.25. The Bertz CT molecular complexity index is 602. The van der Waals surface area contributed by atoms with Crippen molar-refractivity contribution in [3.63, 3.8) is 0 Å². The lowest BCUT2D eigenvalue weighted by Crippen LogP contribution is -2.39. The predicted molar refractivity (Wildman–Crippen MR) is 78.8 cm³/mol. The monoisotopic (exact) mass is 295 g/mol. The number of nitrogens with zero attached hydrogens (tertiary/aromatic N) is 2. The molecule has 0 aromatic heterocycles. The zero-order chi connectivity index (χ0) is 14.3. The van der Waals surface area contributed by atoms with Gasteiger partial charge >= 0.3 is 0 Å². The normalized spacial score (nSPS) is 28.4. The molecular weight excluding hydrogens is 274 g/mol. The number of hydrogen-bond acceptors (Lipinski definition) is 4. The molecule has 2 heterocycles. The maximum Gasteiger partial charge on any atom is 0.243 e. The van der Waals surface area contributed by atoms with Gasteiger partial charge in [0.2, 0.25) is 10.0 Å². The Kier molecular flexibility index (Phi) is 3.48. The summed E-state index contributed by atoms with van der Waals surface area (Å²) in [6, 6.07) is 7.44. The number of likely N-dealkylation sites (N-methyl/N-ethyl adjacent to an activating group) is 1. The van der Waals surface area contributed by atoms with Crippen LogP contribution in [0.5, 0.6) is 0 Å². The van der Waals surface area contributed by atoms with Crippen LogP contribution < -0.4 is 5.73 Å². The average molecular weight is 295 g/mol. The van der Waals surface area contributed by atoms with Crippen LogP contribution in [0.25, 0.3) is 0 Å². The number of benzene rings is 1. The van der Waals surface area contributed by atoms with Crippen LogP contribution in [-0.4, -0.2) is 49.8 Å². The van der Waals surface area contributed by atoms with Crippen LogP contribution in [0.15, 0.2) is 29.2 Å². The van der Waals surface area contributed by atoms with Crippen molar-refractivity contribution in [2.45, 2.75) is 36.2 Å². The molecule has 2 N–H and O–H groups in total. The Balaban J connectivity index is 1.88. The molecule has 6 heteroatoms. The van der Waals surface area contributed by atoms with Gasteiger partial charge in [0.05, 0.1) is 4.90 Å². The topological polar surface area (TPSA) is 66.6 Å². The minimum atomic E-state index is -3.43. The van der Waals surface area contributed by atoms with Crippen LogP contribution in [0.3, 0.4) is 0 Å². The quantitative estimate of drug-likeness (QED) is 0.831. The molecule has 2 aliphatic heterocycles. The van der Waals surface area contributed by atoms with Gasteiger partial charge in [0.15, 0.2) is 0 Å². The summed E-state index contributed by atoms with van der Waals surface area (Å²) in [5.74, 6) is 0. The molecule has 0 spiro atoms. The molecule has 2 bridgehead atoms. The van der Waals surface area contributed by atoms with Gasteiger partial charge in [0, 0.05) is 30.9 Å². The molecule has 110 valence electrons. The lowest BCUT2D eigenvalue weighted by atomic mass is 10.1. The van der Waals surface area contributed by atoms with Crippen LogP contribution in [0.1, 0.15) is 19.3 Å². The van der Waals surface area contributed by atoms with E-state index in [-0.39, 0.29) is 0 Å². The van der Waals surface area contributed by atoms with Gasteiger partial charge in [-0.3, -0.25) is 4.90 Å². The summed E-state index contributed by atoms with van der Waals surface area (Å²) in [5, 5.41) is 0. The first-order valence-electron chi connectivity index (χ1n) is 7.06. The summed E-state index contributed by atoms with van der Waals surface area (Å²) in [6.07, 6.45) is 3.19. The second kappa shape index (κ2) is 5.02. The fourth-order valence-corrected chi connectivity index (χ4v) is 4.87. The summed E-state index contributed by atoms with van der Waals surface area (Å²) in [6.45, 7) is 1.19. The van der Waals surface area contributed by atoms with E-state index in [2.05, 4.69) is 11.9 Å². The second-order valence-corrected chi connectivity index (χ2v) is 7.71. The van der Waals surface area contributed by atoms with E-state index in [9.17, 15) is 8.42 Å². The van der Waals surface area contributed by atoms with Crippen molar-refractivity contribution in [2.24, 2.45) is 0 Å². The number of rotatable bonds is 2. The van der Waals surface area contributed by atoms with E-state index in [1.165, 1.54) is 6.42 Å². The Morgan fingerprint density at radius 3 is 2.70 bits per heavy atom. The highest BCUT2D eigenvalue weighted by molar-refractivity contribution is 7.89. The summed E-state index contributed by atoms with van der Waals surface area (Å²) < 4.78 is 27.1. The number of fused-ring (bicyclic) bond motifs is 2. The third kappa shape index (κ3) is 2.32. The second-order valence-electron chi connectivity index (χ2n) is 5.77. The van der Waals surface area contributed by atoms with Crippen molar-refractivity contribution < 1.29 is 8.42 Å². The minimum absolute atomic E-state index is 0.304. The molecule has 1 aromatic rings. The zero-order valence-corrected chi connectivity index (χ0v) is 12.5. The van der Waals surface area contributed by atoms with Crippen LogP contribution in [0, 0.1) is 0 Å². The maximum absolute atomic E-state index is 12.7. The first-order chi connectivity index (χ1) is 9.48. The van der Waals surface area contributed by atoms with Gasteiger partial charge in [-0.15, -0.1) is 0 Å². The molecule has 2 unspecified atom stereocenters. The Labute approximate surface area is 120 Å². The minimum Gasteiger partial charge on any atom is -0.399 e. The molecule has 2 aliphatic rings. The van der Waals surface area contributed by atoms with Gasteiger partial charge in [-0.2, -0.15) is 4.31 Å². The van der Waals surface area contributed by atoms with E-state index in [1.807, 2.05) is 0 Å². The largest absolute Gasteiger partial charge is 0.399 e.